The average molecular weight is 367 g/mol. The smallest absolute Gasteiger partial charge is 0.163 e. The summed E-state index contributed by atoms with van der Waals surface area (Å²) in [5, 5.41) is 5.94. The van der Waals surface area contributed by atoms with Crippen LogP contribution in [0, 0.1) is 0 Å². The molecule has 0 aliphatic rings. The van der Waals surface area contributed by atoms with E-state index in [0.717, 1.165) is 11.4 Å². The number of benzene rings is 2. The number of hydrogen-bond donors (Lipinski definition) is 0. The summed E-state index contributed by atoms with van der Waals surface area (Å²) in [6.07, 6.45) is 0. The van der Waals surface area contributed by atoms with Crippen molar-refractivity contribution >= 4 is 34.8 Å². The van der Waals surface area contributed by atoms with E-state index in [4.69, 9.17) is 34.8 Å². The molecule has 23 heavy (non-hydrogen) atoms. The van der Waals surface area contributed by atoms with Gasteiger partial charge >= 0.3 is 0 Å². The Balaban J connectivity index is 2.27. The highest BCUT2D eigenvalue weighted by Crippen LogP contribution is 2.34. The van der Waals surface area contributed by atoms with Crippen LogP contribution in [-0.2, 0) is 0 Å². The van der Waals surface area contributed by atoms with Crippen molar-refractivity contribution in [3.05, 3.63) is 63.4 Å². The van der Waals surface area contributed by atoms with Crippen LogP contribution in [0.4, 0.5) is 0 Å². The molecule has 0 radical (unpaired) electrons. The van der Waals surface area contributed by atoms with Gasteiger partial charge in [0.1, 0.15) is 5.69 Å². The van der Waals surface area contributed by atoms with Gasteiger partial charge in [-0.15, -0.1) is 0 Å². The number of hydrogen-bond acceptors (Lipinski definition) is 2. The molecule has 0 aliphatic carbocycles. The van der Waals surface area contributed by atoms with E-state index in [1.807, 2.05) is 44.2 Å². The molecule has 0 bridgehead atoms. The molecule has 0 unspecified atom stereocenters. The zero-order chi connectivity index (χ0) is 16.6. The van der Waals surface area contributed by atoms with Gasteiger partial charge in [0.25, 0.3) is 0 Å². The molecule has 118 valence electrons. The van der Waals surface area contributed by atoms with E-state index in [9.17, 15) is 0 Å². The third-order valence-electron chi connectivity index (χ3n) is 3.37. The lowest BCUT2D eigenvalue weighted by atomic mass is 10.2. The van der Waals surface area contributed by atoms with Crippen molar-refractivity contribution in [1.82, 2.24) is 14.8 Å². The summed E-state index contributed by atoms with van der Waals surface area (Å²) in [6.45, 7) is 4.08. The molecule has 0 fully saturated rings. The summed E-state index contributed by atoms with van der Waals surface area (Å²) >= 11 is 18.7. The van der Waals surface area contributed by atoms with E-state index in [1.54, 1.807) is 16.8 Å². The Morgan fingerprint density at radius 2 is 1.57 bits per heavy atom. The summed E-state index contributed by atoms with van der Waals surface area (Å²) in [7, 11) is 0. The van der Waals surface area contributed by atoms with Gasteiger partial charge < -0.3 is 0 Å². The van der Waals surface area contributed by atoms with Crippen LogP contribution < -0.4 is 0 Å². The van der Waals surface area contributed by atoms with Gasteiger partial charge in [-0.05, 0) is 12.1 Å². The van der Waals surface area contributed by atoms with Crippen LogP contribution in [0.25, 0.3) is 17.1 Å². The molecule has 3 aromatic rings. The fraction of sp³-hybridized carbons (Fsp3) is 0.176. The van der Waals surface area contributed by atoms with Crippen LogP contribution in [0.1, 0.15) is 25.6 Å². The molecule has 1 aromatic heterocycles. The molecular weight excluding hydrogens is 353 g/mol. The van der Waals surface area contributed by atoms with E-state index in [1.165, 1.54) is 0 Å². The predicted octanol–water partition coefficient (Wildman–Crippen LogP) is 6.02. The first-order valence-corrected chi connectivity index (χ1v) is 8.28. The first-order valence-electron chi connectivity index (χ1n) is 7.14. The molecule has 2 aromatic carbocycles. The normalized spacial score (nSPS) is 11.2. The molecule has 1 heterocycles. The number of aromatic nitrogens is 3. The van der Waals surface area contributed by atoms with E-state index in [-0.39, 0.29) is 5.92 Å². The highest BCUT2D eigenvalue weighted by molar-refractivity contribution is 6.40. The lowest BCUT2D eigenvalue weighted by Crippen LogP contribution is -2.02. The van der Waals surface area contributed by atoms with E-state index < -0.39 is 0 Å². The van der Waals surface area contributed by atoms with Crippen LogP contribution in [0.3, 0.4) is 0 Å². The van der Waals surface area contributed by atoms with Gasteiger partial charge in [-0.1, -0.05) is 79.0 Å². The van der Waals surface area contributed by atoms with Gasteiger partial charge in [-0.2, -0.15) is 5.10 Å². The van der Waals surface area contributed by atoms with Gasteiger partial charge in [0.05, 0.1) is 10.0 Å². The molecule has 0 atom stereocenters. The molecule has 0 amide bonds. The lowest BCUT2D eigenvalue weighted by molar-refractivity contribution is 0.754. The van der Waals surface area contributed by atoms with E-state index in [2.05, 4.69) is 10.1 Å². The van der Waals surface area contributed by atoms with Gasteiger partial charge in [-0.3, -0.25) is 0 Å². The summed E-state index contributed by atoms with van der Waals surface area (Å²) in [5.41, 5.74) is 1.52. The molecule has 3 nitrogen and oxygen atoms in total. The zero-order valence-corrected chi connectivity index (χ0v) is 14.9. The second-order valence-electron chi connectivity index (χ2n) is 5.44. The SMILES string of the molecule is CC(C)c1nc(-c2ccccc2)n(-c2c(Cl)cc(Cl)cc2Cl)n1. The van der Waals surface area contributed by atoms with Crippen LogP contribution >= 0.6 is 34.8 Å². The third-order valence-corrected chi connectivity index (χ3v) is 4.16. The standard InChI is InChI=1S/C17H14Cl3N3/c1-10(2)16-21-17(11-6-4-3-5-7-11)23(22-16)15-13(19)8-12(18)9-14(15)20/h3-10H,1-2H3. The summed E-state index contributed by atoms with van der Waals surface area (Å²) in [5.74, 6) is 1.61. The molecule has 0 saturated carbocycles. The first-order chi connectivity index (χ1) is 11.0. The van der Waals surface area contributed by atoms with Crippen LogP contribution in [-0.4, -0.2) is 14.8 Å². The van der Waals surface area contributed by atoms with Crippen molar-refractivity contribution in [3.8, 4) is 17.1 Å². The van der Waals surface area contributed by atoms with Crippen LogP contribution in [0.2, 0.25) is 15.1 Å². The van der Waals surface area contributed by atoms with Crippen molar-refractivity contribution in [1.29, 1.82) is 0 Å². The minimum atomic E-state index is 0.184. The summed E-state index contributed by atoms with van der Waals surface area (Å²) in [4.78, 5) is 4.66. The first kappa shape index (κ1) is 16.3. The monoisotopic (exact) mass is 365 g/mol. The van der Waals surface area contributed by atoms with Crippen molar-refractivity contribution in [2.75, 3.05) is 0 Å². The predicted molar refractivity (Wildman–Crippen MR) is 95.9 cm³/mol. The Labute approximate surface area is 149 Å². The van der Waals surface area contributed by atoms with Crippen molar-refractivity contribution < 1.29 is 0 Å². The van der Waals surface area contributed by atoms with Crippen molar-refractivity contribution in [2.45, 2.75) is 19.8 Å². The highest BCUT2D eigenvalue weighted by Gasteiger charge is 2.19. The minimum absolute atomic E-state index is 0.184. The maximum Gasteiger partial charge on any atom is 0.163 e. The van der Waals surface area contributed by atoms with Gasteiger partial charge in [0.2, 0.25) is 0 Å². The Hall–Kier alpha value is -1.55. The fourth-order valence-electron chi connectivity index (χ4n) is 2.24. The largest absolute Gasteiger partial charge is 0.211 e. The lowest BCUT2D eigenvalue weighted by Gasteiger charge is -2.10. The van der Waals surface area contributed by atoms with Gasteiger partial charge in [0, 0.05) is 16.5 Å². The zero-order valence-electron chi connectivity index (χ0n) is 12.6. The molecule has 0 aliphatic heterocycles. The minimum Gasteiger partial charge on any atom is -0.211 e. The fourth-order valence-corrected chi connectivity index (χ4v) is 3.22. The van der Waals surface area contributed by atoms with Crippen LogP contribution in [0.5, 0.6) is 0 Å². The van der Waals surface area contributed by atoms with E-state index >= 15 is 0 Å². The second-order valence-corrected chi connectivity index (χ2v) is 6.70. The molecular formula is C17H14Cl3N3. The van der Waals surface area contributed by atoms with Crippen LogP contribution in [0.15, 0.2) is 42.5 Å². The maximum atomic E-state index is 6.36. The highest BCUT2D eigenvalue weighted by atomic mass is 35.5. The molecule has 0 saturated heterocycles. The maximum absolute atomic E-state index is 6.36. The van der Waals surface area contributed by atoms with Crippen molar-refractivity contribution in [3.63, 3.8) is 0 Å². The van der Waals surface area contributed by atoms with Gasteiger partial charge in [0.15, 0.2) is 11.6 Å². The Morgan fingerprint density at radius 1 is 0.957 bits per heavy atom. The third kappa shape index (κ3) is 3.23. The van der Waals surface area contributed by atoms with E-state index in [0.29, 0.717) is 26.6 Å². The Morgan fingerprint density at radius 3 is 2.13 bits per heavy atom. The Kier molecular flexibility index (Phi) is 4.62. The van der Waals surface area contributed by atoms with Crippen molar-refractivity contribution in [2.24, 2.45) is 0 Å². The molecule has 6 heteroatoms. The Bertz CT molecular complexity index is 819. The number of halogens is 3. The molecule has 0 spiro atoms. The topological polar surface area (TPSA) is 30.7 Å². The summed E-state index contributed by atoms with van der Waals surface area (Å²) in [6, 6.07) is 13.1. The second kappa shape index (κ2) is 6.52. The average Bonchev–Trinajstić information content (AvgIpc) is 2.92. The molecule has 0 N–H and O–H groups in total. The number of nitrogens with zero attached hydrogens (tertiary/aromatic N) is 3. The summed E-state index contributed by atoms with van der Waals surface area (Å²) < 4.78 is 1.69. The molecule has 3 rings (SSSR count). The number of rotatable bonds is 3. The van der Waals surface area contributed by atoms with Gasteiger partial charge in [-0.25, -0.2) is 9.67 Å². The quantitative estimate of drug-likeness (QED) is 0.567.